The minimum Gasteiger partial charge on any atom is -0.391 e. The van der Waals surface area contributed by atoms with Crippen molar-refractivity contribution in [2.75, 3.05) is 29.9 Å². The number of aliphatic hydroxyl groups excluding tert-OH is 1. The van der Waals surface area contributed by atoms with Crippen LogP contribution < -0.4 is 10.2 Å². The standard InChI is InChI=1S/C12H17N7O/c1-2-14-10-15-11(18-5-3-9(20)7-18)17-12(16-10)19-6-4-13-8-19/h4,6,8-9,20H,2-3,5,7H2,1H3,(H,14,15,16,17). The summed E-state index contributed by atoms with van der Waals surface area (Å²) in [6, 6.07) is 0. The van der Waals surface area contributed by atoms with Crippen molar-refractivity contribution in [2.24, 2.45) is 0 Å². The maximum atomic E-state index is 9.64. The Kier molecular flexibility index (Phi) is 3.46. The Bertz CT molecular complexity index is 571. The molecule has 2 N–H and O–H groups in total. The van der Waals surface area contributed by atoms with E-state index in [0.29, 0.717) is 24.4 Å². The quantitative estimate of drug-likeness (QED) is 0.815. The van der Waals surface area contributed by atoms with Crippen LogP contribution in [0.5, 0.6) is 0 Å². The van der Waals surface area contributed by atoms with Crippen LogP contribution in [0.2, 0.25) is 0 Å². The molecular weight excluding hydrogens is 258 g/mol. The Morgan fingerprint density at radius 1 is 1.35 bits per heavy atom. The molecule has 1 unspecified atom stereocenters. The van der Waals surface area contributed by atoms with Gasteiger partial charge in [-0.15, -0.1) is 0 Å². The van der Waals surface area contributed by atoms with E-state index in [0.717, 1.165) is 19.5 Å². The molecule has 0 radical (unpaired) electrons. The largest absolute Gasteiger partial charge is 0.391 e. The van der Waals surface area contributed by atoms with Crippen LogP contribution in [0.25, 0.3) is 5.95 Å². The van der Waals surface area contributed by atoms with Gasteiger partial charge in [-0.1, -0.05) is 0 Å². The van der Waals surface area contributed by atoms with Gasteiger partial charge in [0.1, 0.15) is 6.33 Å². The molecule has 0 bridgehead atoms. The molecule has 0 aliphatic carbocycles. The molecule has 3 heterocycles. The first-order chi connectivity index (χ1) is 9.76. The van der Waals surface area contributed by atoms with Gasteiger partial charge in [0, 0.05) is 32.0 Å². The SMILES string of the molecule is CCNc1nc(N2CCC(O)C2)nc(-n2ccnc2)n1. The van der Waals surface area contributed by atoms with E-state index < -0.39 is 0 Å². The monoisotopic (exact) mass is 275 g/mol. The molecule has 20 heavy (non-hydrogen) atoms. The highest BCUT2D eigenvalue weighted by atomic mass is 16.3. The van der Waals surface area contributed by atoms with Crippen molar-refractivity contribution < 1.29 is 5.11 Å². The van der Waals surface area contributed by atoms with E-state index in [4.69, 9.17) is 0 Å². The molecule has 0 amide bonds. The van der Waals surface area contributed by atoms with Crippen LogP contribution in [0.15, 0.2) is 18.7 Å². The number of aliphatic hydroxyl groups is 1. The third kappa shape index (κ3) is 2.55. The molecule has 0 saturated carbocycles. The molecule has 2 aromatic rings. The van der Waals surface area contributed by atoms with Gasteiger partial charge < -0.3 is 15.3 Å². The summed E-state index contributed by atoms with van der Waals surface area (Å²) in [4.78, 5) is 19.2. The highest BCUT2D eigenvalue weighted by Gasteiger charge is 2.23. The molecule has 1 atom stereocenters. The molecule has 1 saturated heterocycles. The van der Waals surface area contributed by atoms with E-state index in [1.54, 1.807) is 23.3 Å². The molecule has 8 nitrogen and oxygen atoms in total. The number of imidazole rings is 1. The Hall–Kier alpha value is -2.22. The average molecular weight is 275 g/mol. The van der Waals surface area contributed by atoms with Crippen molar-refractivity contribution >= 4 is 11.9 Å². The molecule has 0 aromatic carbocycles. The highest BCUT2D eigenvalue weighted by molar-refractivity contribution is 5.41. The molecule has 8 heteroatoms. The summed E-state index contributed by atoms with van der Waals surface area (Å²) in [5.74, 6) is 1.63. The van der Waals surface area contributed by atoms with Crippen molar-refractivity contribution in [1.29, 1.82) is 0 Å². The second-order valence-electron chi connectivity index (χ2n) is 4.65. The minimum atomic E-state index is -0.314. The average Bonchev–Trinajstić information content (AvgIpc) is 3.09. The molecule has 1 aliphatic rings. The summed E-state index contributed by atoms with van der Waals surface area (Å²) >= 11 is 0. The van der Waals surface area contributed by atoms with Crippen molar-refractivity contribution in [3.63, 3.8) is 0 Å². The van der Waals surface area contributed by atoms with Gasteiger partial charge in [0.2, 0.25) is 17.8 Å². The van der Waals surface area contributed by atoms with Crippen molar-refractivity contribution in [3.8, 4) is 5.95 Å². The Morgan fingerprint density at radius 2 is 2.20 bits per heavy atom. The molecule has 106 valence electrons. The Labute approximate surface area is 116 Å². The van der Waals surface area contributed by atoms with Crippen LogP contribution in [0, 0.1) is 0 Å². The molecule has 2 aromatic heterocycles. The van der Waals surface area contributed by atoms with Gasteiger partial charge in [-0.3, -0.25) is 4.57 Å². The van der Waals surface area contributed by atoms with Crippen LogP contribution in [0.4, 0.5) is 11.9 Å². The van der Waals surface area contributed by atoms with Crippen LogP contribution >= 0.6 is 0 Å². The summed E-state index contributed by atoms with van der Waals surface area (Å²) in [6.45, 7) is 4.02. The molecular formula is C12H17N7O. The second-order valence-corrected chi connectivity index (χ2v) is 4.65. The lowest BCUT2D eigenvalue weighted by Crippen LogP contribution is -2.25. The molecule has 3 rings (SSSR count). The second kappa shape index (κ2) is 5.41. The van der Waals surface area contributed by atoms with Crippen molar-refractivity contribution in [1.82, 2.24) is 24.5 Å². The Balaban J connectivity index is 1.96. The number of hydrogen-bond acceptors (Lipinski definition) is 7. The summed E-state index contributed by atoms with van der Waals surface area (Å²) in [6.07, 6.45) is 5.53. The third-order valence-corrected chi connectivity index (χ3v) is 3.13. The summed E-state index contributed by atoms with van der Waals surface area (Å²) < 4.78 is 1.73. The zero-order valence-electron chi connectivity index (χ0n) is 11.3. The van der Waals surface area contributed by atoms with E-state index in [2.05, 4.69) is 25.3 Å². The van der Waals surface area contributed by atoms with Gasteiger partial charge in [-0.2, -0.15) is 15.0 Å². The number of anilines is 2. The van der Waals surface area contributed by atoms with Crippen LogP contribution in [0.1, 0.15) is 13.3 Å². The first kappa shape index (κ1) is 12.8. The first-order valence-electron chi connectivity index (χ1n) is 6.67. The maximum absolute atomic E-state index is 9.64. The number of hydrogen-bond donors (Lipinski definition) is 2. The van der Waals surface area contributed by atoms with Crippen LogP contribution in [-0.4, -0.2) is 55.3 Å². The fourth-order valence-electron chi connectivity index (χ4n) is 2.15. The fraction of sp³-hybridized carbons (Fsp3) is 0.500. The topological polar surface area (TPSA) is 92.0 Å². The maximum Gasteiger partial charge on any atom is 0.241 e. The van der Waals surface area contributed by atoms with Gasteiger partial charge in [-0.05, 0) is 13.3 Å². The first-order valence-corrected chi connectivity index (χ1v) is 6.67. The van der Waals surface area contributed by atoms with Gasteiger partial charge in [-0.25, -0.2) is 4.98 Å². The number of rotatable bonds is 4. The molecule has 1 fully saturated rings. The normalized spacial score (nSPS) is 18.5. The lowest BCUT2D eigenvalue weighted by atomic mass is 10.3. The molecule has 0 spiro atoms. The Morgan fingerprint density at radius 3 is 2.85 bits per heavy atom. The van der Waals surface area contributed by atoms with Crippen LogP contribution in [-0.2, 0) is 0 Å². The van der Waals surface area contributed by atoms with Gasteiger partial charge in [0.05, 0.1) is 6.10 Å². The van der Waals surface area contributed by atoms with Crippen molar-refractivity contribution in [2.45, 2.75) is 19.4 Å². The van der Waals surface area contributed by atoms with Gasteiger partial charge in [0.25, 0.3) is 0 Å². The fourth-order valence-corrected chi connectivity index (χ4v) is 2.15. The van der Waals surface area contributed by atoms with E-state index in [1.165, 1.54) is 0 Å². The summed E-state index contributed by atoms with van der Waals surface area (Å²) in [5, 5.41) is 12.7. The van der Waals surface area contributed by atoms with E-state index in [1.807, 2.05) is 11.8 Å². The van der Waals surface area contributed by atoms with Gasteiger partial charge in [0.15, 0.2) is 0 Å². The zero-order valence-corrected chi connectivity index (χ0v) is 11.3. The zero-order chi connectivity index (χ0) is 13.9. The van der Waals surface area contributed by atoms with Crippen molar-refractivity contribution in [3.05, 3.63) is 18.7 Å². The van der Waals surface area contributed by atoms with E-state index >= 15 is 0 Å². The minimum absolute atomic E-state index is 0.314. The molecule has 1 aliphatic heterocycles. The number of nitrogens with one attached hydrogen (secondary N) is 1. The third-order valence-electron chi connectivity index (χ3n) is 3.13. The predicted molar refractivity (Wildman–Crippen MR) is 73.9 cm³/mol. The predicted octanol–water partition coefficient (Wildman–Crippen LogP) is 0.0601. The van der Waals surface area contributed by atoms with E-state index in [9.17, 15) is 5.11 Å². The summed E-state index contributed by atoms with van der Waals surface area (Å²) in [7, 11) is 0. The lowest BCUT2D eigenvalue weighted by molar-refractivity contribution is 0.198. The van der Waals surface area contributed by atoms with E-state index in [-0.39, 0.29) is 6.10 Å². The lowest BCUT2D eigenvalue weighted by Gasteiger charge is -2.17. The number of β-amino-alcohol motifs (C(OH)–C–C–N with tert-alkyl or cyclic N) is 1. The van der Waals surface area contributed by atoms with Gasteiger partial charge >= 0.3 is 0 Å². The number of nitrogens with zero attached hydrogens (tertiary/aromatic N) is 6. The summed E-state index contributed by atoms with van der Waals surface area (Å²) in [5.41, 5.74) is 0. The van der Waals surface area contributed by atoms with Crippen LogP contribution in [0.3, 0.4) is 0 Å². The highest BCUT2D eigenvalue weighted by Crippen LogP contribution is 2.18. The smallest absolute Gasteiger partial charge is 0.241 e. The number of aromatic nitrogens is 5.